The van der Waals surface area contributed by atoms with Crippen LogP contribution in [0.2, 0.25) is 0 Å². The van der Waals surface area contributed by atoms with Crippen LogP contribution in [-0.4, -0.2) is 30.9 Å². The lowest BCUT2D eigenvalue weighted by molar-refractivity contribution is 0.190. The highest BCUT2D eigenvalue weighted by molar-refractivity contribution is 5.83. The lowest BCUT2D eigenvalue weighted by atomic mass is 10.1. The molecule has 0 aliphatic rings. The summed E-state index contributed by atoms with van der Waals surface area (Å²) in [5.74, 6) is 0. The van der Waals surface area contributed by atoms with Crippen molar-refractivity contribution >= 4 is 10.9 Å². The van der Waals surface area contributed by atoms with Crippen LogP contribution in [0.3, 0.4) is 0 Å². The van der Waals surface area contributed by atoms with Crippen LogP contribution in [-0.2, 0) is 17.7 Å². The quantitative estimate of drug-likeness (QED) is 0.713. The zero-order valence-corrected chi connectivity index (χ0v) is 13.6. The molecule has 0 aliphatic carbocycles. The van der Waals surface area contributed by atoms with Crippen molar-refractivity contribution in [1.82, 2.24) is 9.88 Å². The number of rotatable bonds is 9. The second kappa shape index (κ2) is 8.20. The Labute approximate surface area is 128 Å². The van der Waals surface area contributed by atoms with Crippen LogP contribution in [0.1, 0.15) is 32.3 Å². The summed E-state index contributed by atoms with van der Waals surface area (Å²) >= 11 is 0. The first-order valence-electron chi connectivity index (χ1n) is 8.01. The number of para-hydroxylation sites is 1. The van der Waals surface area contributed by atoms with Gasteiger partial charge in [0, 0.05) is 43.4 Å². The van der Waals surface area contributed by atoms with E-state index in [4.69, 9.17) is 4.74 Å². The molecule has 1 N–H and O–H groups in total. The first-order valence-corrected chi connectivity index (χ1v) is 8.01. The van der Waals surface area contributed by atoms with Crippen molar-refractivity contribution in [2.45, 2.75) is 45.7 Å². The predicted molar refractivity (Wildman–Crippen MR) is 89.9 cm³/mol. The molecule has 2 aromatic rings. The van der Waals surface area contributed by atoms with E-state index in [2.05, 4.69) is 54.2 Å². The number of hydrogen-bond donors (Lipinski definition) is 1. The van der Waals surface area contributed by atoms with Crippen molar-refractivity contribution in [3.8, 4) is 0 Å². The largest absolute Gasteiger partial charge is 0.385 e. The van der Waals surface area contributed by atoms with E-state index in [1.807, 2.05) is 0 Å². The number of benzene rings is 1. The molecule has 3 nitrogen and oxygen atoms in total. The average Bonchev–Trinajstić information content (AvgIpc) is 2.82. The van der Waals surface area contributed by atoms with Gasteiger partial charge in [0.25, 0.3) is 0 Å². The fourth-order valence-electron chi connectivity index (χ4n) is 2.76. The molecule has 0 bridgehead atoms. The Morgan fingerprint density at radius 3 is 2.76 bits per heavy atom. The zero-order valence-electron chi connectivity index (χ0n) is 13.6. The minimum Gasteiger partial charge on any atom is -0.385 e. The van der Waals surface area contributed by atoms with Crippen LogP contribution in [0.25, 0.3) is 10.9 Å². The molecule has 116 valence electrons. The molecule has 21 heavy (non-hydrogen) atoms. The number of fused-ring (bicyclic) bond motifs is 1. The Balaban J connectivity index is 2.04. The van der Waals surface area contributed by atoms with E-state index in [-0.39, 0.29) is 0 Å². The minimum atomic E-state index is 0.570. The second-order valence-corrected chi connectivity index (χ2v) is 5.92. The third-order valence-electron chi connectivity index (χ3n) is 3.79. The number of aryl methyl sites for hydroxylation is 2. The third kappa shape index (κ3) is 4.58. The zero-order chi connectivity index (χ0) is 15.1. The highest BCUT2D eigenvalue weighted by Crippen LogP contribution is 2.22. The number of nitrogens with one attached hydrogen (secondary N) is 1. The minimum absolute atomic E-state index is 0.570. The van der Waals surface area contributed by atoms with Crippen LogP contribution < -0.4 is 5.32 Å². The van der Waals surface area contributed by atoms with Crippen LogP contribution in [0.15, 0.2) is 30.5 Å². The van der Waals surface area contributed by atoms with Gasteiger partial charge in [-0.3, -0.25) is 0 Å². The number of methoxy groups -OCH3 is 1. The molecule has 1 aromatic heterocycles. The van der Waals surface area contributed by atoms with E-state index in [0.29, 0.717) is 6.04 Å². The Bertz CT molecular complexity index is 545. The summed E-state index contributed by atoms with van der Waals surface area (Å²) in [6.07, 6.45) is 5.71. The summed E-state index contributed by atoms with van der Waals surface area (Å²) in [5, 5.41) is 4.89. The lowest BCUT2D eigenvalue weighted by Gasteiger charge is -2.07. The molecule has 0 saturated heterocycles. The third-order valence-corrected chi connectivity index (χ3v) is 3.79. The van der Waals surface area contributed by atoms with Gasteiger partial charge in [-0.25, -0.2) is 0 Å². The number of ether oxygens (including phenoxy) is 1. The molecule has 0 aliphatic heterocycles. The topological polar surface area (TPSA) is 26.2 Å². The highest BCUT2D eigenvalue weighted by atomic mass is 16.5. The van der Waals surface area contributed by atoms with Gasteiger partial charge in [0.2, 0.25) is 0 Å². The van der Waals surface area contributed by atoms with Gasteiger partial charge in [0.05, 0.1) is 0 Å². The SMILES string of the molecule is COCCCn1cc(CCCNC(C)C)c2ccccc21. The Morgan fingerprint density at radius 1 is 1.19 bits per heavy atom. The van der Waals surface area contributed by atoms with Crippen molar-refractivity contribution in [3.63, 3.8) is 0 Å². The van der Waals surface area contributed by atoms with Gasteiger partial charge in [-0.05, 0) is 37.4 Å². The van der Waals surface area contributed by atoms with E-state index < -0.39 is 0 Å². The second-order valence-electron chi connectivity index (χ2n) is 5.92. The van der Waals surface area contributed by atoms with Gasteiger partial charge in [0.15, 0.2) is 0 Å². The van der Waals surface area contributed by atoms with Crippen molar-refractivity contribution in [1.29, 1.82) is 0 Å². The maximum atomic E-state index is 5.16. The van der Waals surface area contributed by atoms with Crippen molar-refractivity contribution in [2.24, 2.45) is 0 Å². The Kier molecular flexibility index (Phi) is 6.27. The normalized spacial score (nSPS) is 11.6. The van der Waals surface area contributed by atoms with Crippen molar-refractivity contribution in [3.05, 3.63) is 36.0 Å². The molecule has 3 heteroatoms. The predicted octanol–water partition coefficient (Wildman–Crippen LogP) is 3.61. The molecule has 0 unspecified atom stereocenters. The average molecular weight is 288 g/mol. The monoisotopic (exact) mass is 288 g/mol. The summed E-state index contributed by atoms with van der Waals surface area (Å²) in [6.45, 7) is 7.32. The van der Waals surface area contributed by atoms with Crippen LogP contribution in [0, 0.1) is 0 Å². The van der Waals surface area contributed by atoms with Gasteiger partial charge in [-0.1, -0.05) is 32.0 Å². The summed E-state index contributed by atoms with van der Waals surface area (Å²) < 4.78 is 7.54. The molecule has 0 fully saturated rings. The molecule has 0 atom stereocenters. The first-order chi connectivity index (χ1) is 10.2. The number of hydrogen-bond acceptors (Lipinski definition) is 2. The van der Waals surface area contributed by atoms with Gasteiger partial charge in [-0.2, -0.15) is 0 Å². The van der Waals surface area contributed by atoms with Crippen LogP contribution in [0.5, 0.6) is 0 Å². The summed E-state index contributed by atoms with van der Waals surface area (Å²) in [4.78, 5) is 0. The molecule has 1 heterocycles. The van der Waals surface area contributed by atoms with Crippen molar-refractivity contribution < 1.29 is 4.74 Å². The molecule has 1 aromatic carbocycles. The maximum Gasteiger partial charge on any atom is 0.0483 e. The number of nitrogens with zero attached hydrogens (tertiary/aromatic N) is 1. The lowest BCUT2D eigenvalue weighted by Crippen LogP contribution is -2.23. The van der Waals surface area contributed by atoms with Gasteiger partial charge < -0.3 is 14.6 Å². The molecular formula is C18H28N2O. The summed E-state index contributed by atoms with van der Waals surface area (Å²) in [6, 6.07) is 9.29. The van der Waals surface area contributed by atoms with E-state index in [1.54, 1.807) is 7.11 Å². The van der Waals surface area contributed by atoms with Crippen LogP contribution in [0.4, 0.5) is 0 Å². The van der Waals surface area contributed by atoms with Gasteiger partial charge in [0.1, 0.15) is 0 Å². The van der Waals surface area contributed by atoms with Crippen LogP contribution >= 0.6 is 0 Å². The Hall–Kier alpha value is -1.32. The maximum absolute atomic E-state index is 5.16. The summed E-state index contributed by atoms with van der Waals surface area (Å²) in [7, 11) is 1.76. The molecular weight excluding hydrogens is 260 g/mol. The van der Waals surface area contributed by atoms with E-state index in [0.717, 1.165) is 32.5 Å². The highest BCUT2D eigenvalue weighted by Gasteiger charge is 2.07. The van der Waals surface area contributed by atoms with Gasteiger partial charge >= 0.3 is 0 Å². The molecule has 0 spiro atoms. The standard InChI is InChI=1S/C18H28N2O/c1-15(2)19-11-6-8-16-14-20(12-7-13-21-3)18-10-5-4-9-17(16)18/h4-5,9-10,14-15,19H,6-8,11-13H2,1-3H3. The number of aromatic nitrogens is 1. The molecule has 2 rings (SSSR count). The van der Waals surface area contributed by atoms with Gasteiger partial charge in [-0.15, -0.1) is 0 Å². The smallest absolute Gasteiger partial charge is 0.0483 e. The summed E-state index contributed by atoms with van der Waals surface area (Å²) in [5.41, 5.74) is 2.81. The van der Waals surface area contributed by atoms with E-state index in [9.17, 15) is 0 Å². The van der Waals surface area contributed by atoms with E-state index >= 15 is 0 Å². The fourth-order valence-corrected chi connectivity index (χ4v) is 2.76. The first kappa shape index (κ1) is 16.1. The van der Waals surface area contributed by atoms with E-state index in [1.165, 1.54) is 22.9 Å². The van der Waals surface area contributed by atoms with Crippen molar-refractivity contribution in [2.75, 3.05) is 20.3 Å². The Morgan fingerprint density at radius 2 is 2.00 bits per heavy atom. The molecule has 0 radical (unpaired) electrons. The molecule has 0 amide bonds. The fraction of sp³-hybridized carbons (Fsp3) is 0.556. The molecule has 0 saturated carbocycles.